The Kier molecular flexibility index (Phi) is 6.15. The number of aromatic hydroxyl groups is 1. The third-order valence-corrected chi connectivity index (χ3v) is 2.72. The first kappa shape index (κ1) is 15.3. The van der Waals surface area contributed by atoms with Crippen LogP contribution in [0.25, 0.3) is 0 Å². The SMILES string of the molecule is CC(C)N(CCCO)C(=O)COc1ccccc1O. The number of nitrogens with zero attached hydrogens (tertiary/aromatic N) is 1. The minimum absolute atomic E-state index is 0.0155. The highest BCUT2D eigenvalue weighted by molar-refractivity contribution is 5.78. The molecule has 1 aromatic rings. The molecule has 0 unspecified atom stereocenters. The number of rotatable bonds is 7. The van der Waals surface area contributed by atoms with E-state index in [0.717, 1.165) is 0 Å². The van der Waals surface area contributed by atoms with Gasteiger partial charge in [-0.25, -0.2) is 0 Å². The number of aliphatic hydroxyl groups is 1. The average molecular weight is 267 g/mol. The van der Waals surface area contributed by atoms with Crippen molar-refractivity contribution in [3.05, 3.63) is 24.3 Å². The van der Waals surface area contributed by atoms with Crippen LogP contribution in [0.2, 0.25) is 0 Å². The van der Waals surface area contributed by atoms with Gasteiger partial charge in [-0.15, -0.1) is 0 Å². The van der Waals surface area contributed by atoms with E-state index >= 15 is 0 Å². The van der Waals surface area contributed by atoms with Crippen molar-refractivity contribution in [3.8, 4) is 11.5 Å². The molecule has 106 valence electrons. The lowest BCUT2D eigenvalue weighted by atomic mass is 10.3. The van der Waals surface area contributed by atoms with Gasteiger partial charge in [0.1, 0.15) is 0 Å². The zero-order chi connectivity index (χ0) is 14.3. The zero-order valence-corrected chi connectivity index (χ0v) is 11.4. The molecule has 0 saturated heterocycles. The van der Waals surface area contributed by atoms with Crippen LogP contribution in [0.5, 0.6) is 11.5 Å². The number of para-hydroxylation sites is 2. The van der Waals surface area contributed by atoms with Crippen LogP contribution in [-0.2, 0) is 4.79 Å². The first-order valence-corrected chi connectivity index (χ1v) is 6.37. The van der Waals surface area contributed by atoms with Gasteiger partial charge in [0.05, 0.1) is 0 Å². The lowest BCUT2D eigenvalue weighted by Gasteiger charge is -2.26. The Morgan fingerprint density at radius 2 is 2.05 bits per heavy atom. The van der Waals surface area contributed by atoms with E-state index in [2.05, 4.69) is 0 Å². The number of ether oxygens (including phenoxy) is 1. The van der Waals surface area contributed by atoms with Gasteiger partial charge in [0, 0.05) is 19.2 Å². The summed E-state index contributed by atoms with van der Waals surface area (Å²) >= 11 is 0. The van der Waals surface area contributed by atoms with Gasteiger partial charge in [0.15, 0.2) is 18.1 Å². The van der Waals surface area contributed by atoms with Crippen LogP contribution >= 0.6 is 0 Å². The summed E-state index contributed by atoms with van der Waals surface area (Å²) in [7, 11) is 0. The molecule has 0 atom stereocenters. The predicted octanol–water partition coefficient (Wildman–Crippen LogP) is 1.39. The third-order valence-electron chi connectivity index (χ3n) is 2.72. The van der Waals surface area contributed by atoms with Crippen molar-refractivity contribution in [1.29, 1.82) is 0 Å². The zero-order valence-electron chi connectivity index (χ0n) is 11.4. The molecule has 5 heteroatoms. The van der Waals surface area contributed by atoms with Crippen molar-refractivity contribution < 1.29 is 19.7 Å². The molecule has 19 heavy (non-hydrogen) atoms. The number of benzene rings is 1. The molecular weight excluding hydrogens is 246 g/mol. The summed E-state index contributed by atoms with van der Waals surface area (Å²) in [6.07, 6.45) is 0.542. The summed E-state index contributed by atoms with van der Waals surface area (Å²) in [4.78, 5) is 13.7. The number of phenolic OH excluding ortho intramolecular Hbond substituents is 1. The molecule has 1 amide bonds. The number of aliphatic hydroxyl groups excluding tert-OH is 1. The van der Waals surface area contributed by atoms with Crippen LogP contribution in [0, 0.1) is 0 Å². The summed E-state index contributed by atoms with van der Waals surface area (Å²) in [6, 6.07) is 6.57. The van der Waals surface area contributed by atoms with Gasteiger partial charge in [0.25, 0.3) is 5.91 Å². The molecule has 0 radical (unpaired) electrons. The van der Waals surface area contributed by atoms with Crippen LogP contribution in [0.15, 0.2) is 24.3 Å². The predicted molar refractivity (Wildman–Crippen MR) is 72.2 cm³/mol. The maximum atomic E-state index is 12.0. The van der Waals surface area contributed by atoms with Gasteiger partial charge < -0.3 is 19.8 Å². The van der Waals surface area contributed by atoms with Gasteiger partial charge in [-0.1, -0.05) is 12.1 Å². The highest BCUT2D eigenvalue weighted by Gasteiger charge is 2.17. The Labute approximate surface area is 113 Å². The molecule has 0 aliphatic rings. The van der Waals surface area contributed by atoms with Gasteiger partial charge in [-0.3, -0.25) is 4.79 Å². The highest BCUT2D eigenvalue weighted by atomic mass is 16.5. The molecule has 5 nitrogen and oxygen atoms in total. The molecule has 0 saturated carbocycles. The van der Waals surface area contributed by atoms with E-state index in [9.17, 15) is 9.90 Å². The van der Waals surface area contributed by atoms with E-state index < -0.39 is 0 Å². The summed E-state index contributed by atoms with van der Waals surface area (Å²) in [5.74, 6) is 0.148. The molecular formula is C14H21NO4. The van der Waals surface area contributed by atoms with Crippen molar-refractivity contribution >= 4 is 5.91 Å². The lowest BCUT2D eigenvalue weighted by Crippen LogP contribution is -2.40. The van der Waals surface area contributed by atoms with E-state index in [-0.39, 0.29) is 30.9 Å². The number of hydrogen-bond donors (Lipinski definition) is 2. The van der Waals surface area contributed by atoms with E-state index in [1.807, 2.05) is 13.8 Å². The normalized spacial score (nSPS) is 10.5. The monoisotopic (exact) mass is 267 g/mol. The molecule has 1 aromatic carbocycles. The van der Waals surface area contributed by atoms with Crippen LogP contribution in [-0.4, -0.2) is 46.8 Å². The molecule has 2 N–H and O–H groups in total. The Bertz CT molecular complexity index is 406. The van der Waals surface area contributed by atoms with Crippen LogP contribution in [0.1, 0.15) is 20.3 Å². The topological polar surface area (TPSA) is 70.0 Å². The summed E-state index contributed by atoms with van der Waals surface area (Å²) in [5, 5.41) is 18.4. The van der Waals surface area contributed by atoms with Gasteiger partial charge in [0.2, 0.25) is 0 Å². The second kappa shape index (κ2) is 7.63. The fraction of sp³-hybridized carbons (Fsp3) is 0.500. The smallest absolute Gasteiger partial charge is 0.260 e. The van der Waals surface area contributed by atoms with Crippen molar-refractivity contribution in [2.45, 2.75) is 26.3 Å². The van der Waals surface area contributed by atoms with Crippen LogP contribution in [0.3, 0.4) is 0 Å². The van der Waals surface area contributed by atoms with E-state index in [0.29, 0.717) is 18.7 Å². The maximum Gasteiger partial charge on any atom is 0.260 e. The fourth-order valence-electron chi connectivity index (χ4n) is 1.71. The second-order valence-electron chi connectivity index (χ2n) is 4.51. The van der Waals surface area contributed by atoms with E-state index in [1.54, 1.807) is 23.1 Å². The molecule has 0 aromatic heterocycles. The number of phenols is 1. The number of amides is 1. The molecule has 0 spiro atoms. The Morgan fingerprint density at radius 3 is 2.63 bits per heavy atom. The minimum atomic E-state index is -0.160. The van der Waals surface area contributed by atoms with Crippen molar-refractivity contribution in [2.75, 3.05) is 19.8 Å². The Morgan fingerprint density at radius 1 is 1.37 bits per heavy atom. The number of hydrogen-bond acceptors (Lipinski definition) is 4. The van der Waals surface area contributed by atoms with Crippen molar-refractivity contribution in [2.24, 2.45) is 0 Å². The number of carbonyl (C=O) groups is 1. The second-order valence-corrected chi connectivity index (χ2v) is 4.51. The van der Waals surface area contributed by atoms with E-state index in [4.69, 9.17) is 9.84 Å². The lowest BCUT2D eigenvalue weighted by molar-refractivity contribution is -0.135. The molecule has 0 aliphatic carbocycles. The molecule has 0 bridgehead atoms. The van der Waals surface area contributed by atoms with Gasteiger partial charge in [-0.2, -0.15) is 0 Å². The molecule has 0 fully saturated rings. The van der Waals surface area contributed by atoms with Crippen LogP contribution < -0.4 is 4.74 Å². The first-order chi connectivity index (χ1) is 9.06. The van der Waals surface area contributed by atoms with Crippen molar-refractivity contribution in [1.82, 2.24) is 4.90 Å². The average Bonchev–Trinajstić information content (AvgIpc) is 2.38. The van der Waals surface area contributed by atoms with Gasteiger partial charge in [-0.05, 0) is 32.4 Å². The largest absolute Gasteiger partial charge is 0.504 e. The van der Waals surface area contributed by atoms with Crippen molar-refractivity contribution in [3.63, 3.8) is 0 Å². The first-order valence-electron chi connectivity index (χ1n) is 6.37. The fourth-order valence-corrected chi connectivity index (χ4v) is 1.71. The molecule has 1 rings (SSSR count). The van der Waals surface area contributed by atoms with E-state index in [1.165, 1.54) is 6.07 Å². The quantitative estimate of drug-likeness (QED) is 0.783. The minimum Gasteiger partial charge on any atom is -0.504 e. The van der Waals surface area contributed by atoms with Gasteiger partial charge >= 0.3 is 0 Å². The Balaban J connectivity index is 2.55. The number of carbonyl (C=O) groups excluding carboxylic acids is 1. The summed E-state index contributed by atoms with van der Waals surface area (Å²) in [5.41, 5.74) is 0. The summed E-state index contributed by atoms with van der Waals surface area (Å²) in [6.45, 7) is 4.25. The van der Waals surface area contributed by atoms with Crippen LogP contribution in [0.4, 0.5) is 0 Å². The summed E-state index contributed by atoms with van der Waals surface area (Å²) < 4.78 is 5.31. The molecule has 0 heterocycles. The third kappa shape index (κ3) is 4.79. The molecule has 0 aliphatic heterocycles. The maximum absolute atomic E-state index is 12.0. The highest BCUT2D eigenvalue weighted by Crippen LogP contribution is 2.24. The standard InChI is InChI=1S/C14H21NO4/c1-11(2)15(8-5-9-16)14(18)10-19-13-7-4-3-6-12(13)17/h3-4,6-7,11,16-17H,5,8-10H2,1-2H3. The Hall–Kier alpha value is -1.75.